The molecule has 1 N–H and O–H groups in total. The maximum Gasteiger partial charge on any atom is 0.250 e. The van der Waals surface area contributed by atoms with Crippen LogP contribution in [0.5, 0.6) is 17.4 Å². The second-order valence-electron chi connectivity index (χ2n) is 8.72. The number of morpholine rings is 1. The van der Waals surface area contributed by atoms with Crippen LogP contribution in [0.25, 0.3) is 0 Å². The molecule has 1 aromatic heterocycles. The lowest BCUT2D eigenvalue weighted by atomic mass is 10.2. The van der Waals surface area contributed by atoms with Gasteiger partial charge >= 0.3 is 0 Å². The predicted molar refractivity (Wildman–Crippen MR) is 151 cm³/mol. The summed E-state index contributed by atoms with van der Waals surface area (Å²) in [4.78, 5) is 16.0. The summed E-state index contributed by atoms with van der Waals surface area (Å²) in [7, 11) is 1.60. The zero-order valence-corrected chi connectivity index (χ0v) is 22.0. The quantitative estimate of drug-likeness (QED) is 0.258. The van der Waals surface area contributed by atoms with Crippen LogP contribution in [0, 0.1) is 6.92 Å². The van der Waals surface area contributed by atoms with Gasteiger partial charge in [-0.3, -0.25) is 0 Å². The Hall–Kier alpha value is -4.14. The molecule has 8 nitrogen and oxygen atoms in total. The Morgan fingerprint density at radius 1 is 1.03 bits per heavy atom. The normalized spacial score (nSPS) is 13.5. The van der Waals surface area contributed by atoms with Crippen molar-refractivity contribution in [1.82, 2.24) is 9.97 Å². The van der Waals surface area contributed by atoms with Crippen molar-refractivity contribution in [1.29, 1.82) is 0 Å². The molecule has 0 unspecified atom stereocenters. The Morgan fingerprint density at radius 2 is 1.84 bits per heavy atom. The van der Waals surface area contributed by atoms with Crippen molar-refractivity contribution in [2.75, 3.05) is 43.6 Å². The molecule has 0 radical (unpaired) electrons. The van der Waals surface area contributed by atoms with Crippen molar-refractivity contribution < 1.29 is 14.2 Å². The number of aliphatic imine (C=N–C) groups is 1. The molecule has 2 heterocycles. The van der Waals surface area contributed by atoms with Crippen LogP contribution >= 0.6 is 11.6 Å². The number of methoxy groups -OCH3 is 1. The van der Waals surface area contributed by atoms with E-state index in [2.05, 4.69) is 37.3 Å². The van der Waals surface area contributed by atoms with Crippen LogP contribution in [-0.4, -0.2) is 49.6 Å². The maximum atomic E-state index is 6.20. The predicted octanol–water partition coefficient (Wildman–Crippen LogP) is 6.57. The lowest BCUT2D eigenvalue weighted by Crippen LogP contribution is -2.36. The molecule has 5 rings (SSSR count). The van der Waals surface area contributed by atoms with Gasteiger partial charge in [0.25, 0.3) is 5.88 Å². The number of ether oxygens (including phenoxy) is 3. The molecule has 0 amide bonds. The lowest BCUT2D eigenvalue weighted by molar-refractivity contribution is 0.122. The van der Waals surface area contributed by atoms with Crippen molar-refractivity contribution in [3.63, 3.8) is 0 Å². The lowest BCUT2D eigenvalue weighted by Gasteiger charge is -2.28. The number of rotatable bonds is 8. The molecule has 1 fully saturated rings. The molecule has 4 aromatic rings. The number of benzene rings is 3. The van der Waals surface area contributed by atoms with E-state index in [1.54, 1.807) is 19.5 Å². The Labute approximate surface area is 226 Å². The van der Waals surface area contributed by atoms with Gasteiger partial charge in [0.05, 0.1) is 26.5 Å². The highest BCUT2D eigenvalue weighted by Crippen LogP contribution is 2.36. The first kappa shape index (κ1) is 25.5. The van der Waals surface area contributed by atoms with Gasteiger partial charge in [0.1, 0.15) is 5.69 Å². The first-order valence-corrected chi connectivity index (χ1v) is 12.6. The molecule has 1 aliphatic heterocycles. The van der Waals surface area contributed by atoms with Crippen molar-refractivity contribution in [2.24, 2.45) is 4.99 Å². The average molecular weight is 530 g/mol. The topological polar surface area (TPSA) is 81.1 Å². The number of aryl methyl sites for hydroxylation is 1. The van der Waals surface area contributed by atoms with Crippen molar-refractivity contribution in [3.8, 4) is 17.4 Å². The number of aromatic nitrogens is 2. The molecule has 0 atom stereocenters. The van der Waals surface area contributed by atoms with E-state index in [0.29, 0.717) is 28.2 Å². The summed E-state index contributed by atoms with van der Waals surface area (Å²) in [6.45, 7) is 5.25. The molecule has 3 aromatic carbocycles. The van der Waals surface area contributed by atoms with Crippen molar-refractivity contribution in [3.05, 3.63) is 89.1 Å². The molecule has 0 bridgehead atoms. The summed E-state index contributed by atoms with van der Waals surface area (Å²) >= 11 is 6.12. The number of nitrogens with one attached hydrogen (secondary N) is 1. The van der Waals surface area contributed by atoms with Crippen LogP contribution in [0.4, 0.5) is 23.0 Å². The SMILES string of the molecule is COc1cc(C)ccc1Oc1nc(Nc2ccc(N3CCOCC3)cc2)ncc1N=Cc1cccc(Cl)c1. The molecule has 1 aliphatic rings. The van der Waals surface area contributed by atoms with Crippen LogP contribution in [0.1, 0.15) is 11.1 Å². The minimum atomic E-state index is 0.285. The van der Waals surface area contributed by atoms with Gasteiger partial charge in [-0.15, -0.1) is 0 Å². The van der Waals surface area contributed by atoms with E-state index < -0.39 is 0 Å². The van der Waals surface area contributed by atoms with Crippen LogP contribution in [-0.2, 0) is 4.74 Å². The second kappa shape index (κ2) is 11.9. The first-order chi connectivity index (χ1) is 18.6. The van der Waals surface area contributed by atoms with E-state index in [9.17, 15) is 0 Å². The zero-order chi connectivity index (χ0) is 26.3. The van der Waals surface area contributed by atoms with Gasteiger partial charge in [-0.25, -0.2) is 9.98 Å². The number of hydrogen-bond donors (Lipinski definition) is 1. The number of nitrogens with zero attached hydrogens (tertiary/aromatic N) is 4. The fraction of sp³-hybridized carbons (Fsp3) is 0.207. The molecule has 9 heteroatoms. The van der Waals surface area contributed by atoms with Gasteiger partial charge < -0.3 is 24.4 Å². The third kappa shape index (κ3) is 6.40. The Morgan fingerprint density at radius 3 is 2.61 bits per heavy atom. The fourth-order valence-corrected chi connectivity index (χ4v) is 4.18. The van der Waals surface area contributed by atoms with E-state index in [-0.39, 0.29) is 5.88 Å². The summed E-state index contributed by atoms with van der Waals surface area (Å²) in [5.41, 5.74) is 4.37. The van der Waals surface area contributed by atoms with E-state index in [0.717, 1.165) is 48.8 Å². The van der Waals surface area contributed by atoms with E-state index in [1.807, 2.05) is 61.5 Å². The minimum Gasteiger partial charge on any atom is -0.493 e. The molecular weight excluding hydrogens is 502 g/mol. The molecular formula is C29H28ClN5O3. The Balaban J connectivity index is 1.42. The fourth-order valence-electron chi connectivity index (χ4n) is 3.98. The molecule has 1 saturated heterocycles. The molecule has 194 valence electrons. The summed E-state index contributed by atoms with van der Waals surface area (Å²) in [6, 6.07) is 21.3. The Bertz CT molecular complexity index is 1420. The number of halogens is 1. The van der Waals surface area contributed by atoms with Gasteiger partial charge in [-0.1, -0.05) is 29.8 Å². The second-order valence-corrected chi connectivity index (χ2v) is 9.16. The van der Waals surface area contributed by atoms with Crippen LogP contribution < -0.4 is 19.7 Å². The average Bonchev–Trinajstić information content (AvgIpc) is 2.94. The van der Waals surface area contributed by atoms with Crippen molar-refractivity contribution >= 4 is 40.8 Å². The highest BCUT2D eigenvalue weighted by molar-refractivity contribution is 6.30. The highest BCUT2D eigenvalue weighted by Gasteiger charge is 2.14. The first-order valence-electron chi connectivity index (χ1n) is 12.3. The summed E-state index contributed by atoms with van der Waals surface area (Å²) in [6.07, 6.45) is 3.32. The largest absolute Gasteiger partial charge is 0.493 e. The third-order valence-electron chi connectivity index (χ3n) is 5.96. The van der Waals surface area contributed by atoms with Crippen molar-refractivity contribution in [2.45, 2.75) is 6.92 Å². The molecule has 0 aliphatic carbocycles. The zero-order valence-electron chi connectivity index (χ0n) is 21.2. The molecule has 0 saturated carbocycles. The van der Waals surface area contributed by atoms with E-state index >= 15 is 0 Å². The van der Waals surface area contributed by atoms with Crippen LogP contribution in [0.15, 0.2) is 77.9 Å². The van der Waals surface area contributed by atoms with Gasteiger partial charge in [0.15, 0.2) is 11.5 Å². The van der Waals surface area contributed by atoms with Gasteiger partial charge in [0, 0.05) is 35.7 Å². The Kier molecular flexibility index (Phi) is 8.01. The smallest absolute Gasteiger partial charge is 0.250 e. The molecule has 38 heavy (non-hydrogen) atoms. The maximum absolute atomic E-state index is 6.20. The number of anilines is 3. The standard InChI is InChI=1S/C29H28ClN5O3/c1-20-6-11-26(27(16-20)36-2)38-28-25(31-18-21-4-3-5-22(30)17-21)19-32-29(34-28)33-23-7-9-24(10-8-23)35-12-14-37-15-13-35/h3-11,16-19H,12-15H2,1-2H3,(H,32,33,34). The third-order valence-corrected chi connectivity index (χ3v) is 6.20. The van der Waals surface area contributed by atoms with Crippen LogP contribution in [0.2, 0.25) is 5.02 Å². The van der Waals surface area contributed by atoms with Crippen LogP contribution in [0.3, 0.4) is 0 Å². The number of hydrogen-bond acceptors (Lipinski definition) is 8. The summed E-state index contributed by atoms with van der Waals surface area (Å²) in [5.74, 6) is 1.79. The van der Waals surface area contributed by atoms with E-state index in [1.165, 1.54) is 0 Å². The highest BCUT2D eigenvalue weighted by atomic mass is 35.5. The van der Waals surface area contributed by atoms with Gasteiger partial charge in [-0.2, -0.15) is 4.98 Å². The monoisotopic (exact) mass is 529 g/mol. The van der Waals surface area contributed by atoms with Gasteiger partial charge in [-0.05, 0) is 66.6 Å². The molecule has 0 spiro atoms. The summed E-state index contributed by atoms with van der Waals surface area (Å²) < 4.78 is 17.2. The summed E-state index contributed by atoms with van der Waals surface area (Å²) in [5, 5.41) is 3.89. The van der Waals surface area contributed by atoms with Gasteiger partial charge in [0.2, 0.25) is 5.95 Å². The van der Waals surface area contributed by atoms with E-state index in [4.69, 9.17) is 25.8 Å². The minimum absolute atomic E-state index is 0.285.